The summed E-state index contributed by atoms with van der Waals surface area (Å²) in [6, 6.07) is 16.6. The molecule has 0 aliphatic rings. The summed E-state index contributed by atoms with van der Waals surface area (Å²) in [4.78, 5) is 0.231. The van der Waals surface area contributed by atoms with Gasteiger partial charge in [-0.25, -0.2) is 13.1 Å². The molecule has 6 nitrogen and oxygen atoms in total. The fourth-order valence-electron chi connectivity index (χ4n) is 2.39. The van der Waals surface area contributed by atoms with E-state index in [4.69, 9.17) is 0 Å². The molecule has 0 unspecified atom stereocenters. The van der Waals surface area contributed by atoms with Gasteiger partial charge in [0, 0.05) is 11.5 Å². The van der Waals surface area contributed by atoms with Crippen LogP contribution < -0.4 is 0 Å². The minimum atomic E-state index is -3.61. The third kappa shape index (κ3) is 4.15. The Kier molecular flexibility index (Phi) is 5.31. The van der Waals surface area contributed by atoms with Crippen LogP contribution in [-0.2, 0) is 23.1 Å². The summed E-state index contributed by atoms with van der Waals surface area (Å²) < 4.78 is 28.9. The molecule has 3 rings (SSSR count). The van der Waals surface area contributed by atoms with Crippen LogP contribution in [0.1, 0.15) is 11.3 Å². The second-order valence-corrected chi connectivity index (χ2v) is 8.45. The maximum atomic E-state index is 12.7. The van der Waals surface area contributed by atoms with E-state index in [1.165, 1.54) is 11.4 Å². The van der Waals surface area contributed by atoms with Gasteiger partial charge in [-0.1, -0.05) is 47.7 Å². The molecule has 2 aromatic carbocycles. The van der Waals surface area contributed by atoms with Crippen molar-refractivity contribution in [2.24, 2.45) is 0 Å². The summed E-state index contributed by atoms with van der Waals surface area (Å²) in [5, 5.41) is 8.15. The minimum Gasteiger partial charge on any atom is -0.248 e. The van der Waals surface area contributed by atoms with Crippen molar-refractivity contribution in [2.75, 3.05) is 7.05 Å². The van der Waals surface area contributed by atoms with Gasteiger partial charge in [0.1, 0.15) is 0 Å². The highest BCUT2D eigenvalue weighted by molar-refractivity contribution is 9.10. The van der Waals surface area contributed by atoms with E-state index in [1.54, 1.807) is 35.1 Å². The van der Waals surface area contributed by atoms with Gasteiger partial charge in [-0.05, 0) is 33.6 Å². The number of benzene rings is 2. The maximum Gasteiger partial charge on any atom is 0.244 e. The molecule has 3 aromatic rings. The average molecular weight is 421 g/mol. The second kappa shape index (κ2) is 7.47. The summed E-state index contributed by atoms with van der Waals surface area (Å²) in [6.07, 6.45) is 1.76. The zero-order valence-electron chi connectivity index (χ0n) is 13.6. The minimum absolute atomic E-state index is 0.151. The van der Waals surface area contributed by atoms with Gasteiger partial charge >= 0.3 is 0 Å². The molecule has 0 bridgehead atoms. The highest BCUT2D eigenvalue weighted by Crippen LogP contribution is 2.24. The topological polar surface area (TPSA) is 68.1 Å². The predicted octanol–water partition coefficient (Wildman–Crippen LogP) is 2.91. The fourth-order valence-corrected chi connectivity index (χ4v) is 4.50. The smallest absolute Gasteiger partial charge is 0.244 e. The van der Waals surface area contributed by atoms with E-state index < -0.39 is 10.0 Å². The highest BCUT2D eigenvalue weighted by Gasteiger charge is 2.24. The van der Waals surface area contributed by atoms with Crippen LogP contribution in [0.5, 0.6) is 0 Å². The standard InChI is InChI=1S/C17H17BrN4O2S/c1-21(25(23,24)17-10-6-5-9-16(17)18)12-15-13-22(20-19-15)11-14-7-3-2-4-8-14/h2-10,13H,11-12H2,1H3. The van der Waals surface area contributed by atoms with Crippen molar-refractivity contribution < 1.29 is 8.42 Å². The Hall–Kier alpha value is -2.03. The second-order valence-electron chi connectivity index (χ2n) is 5.58. The van der Waals surface area contributed by atoms with E-state index >= 15 is 0 Å². The summed E-state index contributed by atoms with van der Waals surface area (Å²) in [7, 11) is -2.08. The van der Waals surface area contributed by atoms with Crippen molar-refractivity contribution in [3.63, 3.8) is 0 Å². The van der Waals surface area contributed by atoms with E-state index in [9.17, 15) is 8.42 Å². The van der Waals surface area contributed by atoms with Crippen molar-refractivity contribution in [1.82, 2.24) is 19.3 Å². The first kappa shape index (κ1) is 17.8. The normalized spacial score (nSPS) is 11.8. The quantitative estimate of drug-likeness (QED) is 0.614. The third-order valence-electron chi connectivity index (χ3n) is 3.68. The molecule has 0 N–H and O–H groups in total. The van der Waals surface area contributed by atoms with Crippen molar-refractivity contribution in [3.8, 4) is 0 Å². The van der Waals surface area contributed by atoms with Gasteiger partial charge in [-0.3, -0.25) is 0 Å². The van der Waals surface area contributed by atoms with Crippen LogP contribution in [0.2, 0.25) is 0 Å². The first-order chi connectivity index (χ1) is 12.0. The van der Waals surface area contributed by atoms with Crippen LogP contribution in [0.4, 0.5) is 0 Å². The Morgan fingerprint density at radius 3 is 2.48 bits per heavy atom. The van der Waals surface area contributed by atoms with E-state index in [2.05, 4.69) is 26.2 Å². The van der Waals surface area contributed by atoms with Gasteiger partial charge in [0.15, 0.2) is 0 Å². The van der Waals surface area contributed by atoms with Gasteiger partial charge in [0.05, 0.1) is 29.9 Å². The average Bonchev–Trinajstić information content (AvgIpc) is 3.03. The Labute approximate surface area is 155 Å². The lowest BCUT2D eigenvalue weighted by Crippen LogP contribution is -2.27. The number of aromatic nitrogens is 3. The van der Waals surface area contributed by atoms with Crippen LogP contribution in [0.15, 0.2) is 70.2 Å². The predicted molar refractivity (Wildman–Crippen MR) is 98.4 cm³/mol. The molecule has 0 saturated carbocycles. The lowest BCUT2D eigenvalue weighted by atomic mass is 10.2. The molecule has 0 aliphatic heterocycles. The Balaban J connectivity index is 1.73. The molecule has 0 radical (unpaired) electrons. The van der Waals surface area contributed by atoms with Gasteiger partial charge in [-0.15, -0.1) is 5.10 Å². The number of halogens is 1. The van der Waals surface area contributed by atoms with E-state index in [0.29, 0.717) is 16.7 Å². The summed E-state index contributed by atoms with van der Waals surface area (Å²) in [5.41, 5.74) is 1.70. The van der Waals surface area contributed by atoms with Crippen LogP contribution in [0.3, 0.4) is 0 Å². The Morgan fingerprint density at radius 1 is 1.08 bits per heavy atom. The summed E-state index contributed by atoms with van der Waals surface area (Å²) in [6.45, 7) is 0.743. The summed E-state index contributed by atoms with van der Waals surface area (Å²) >= 11 is 3.29. The fraction of sp³-hybridized carbons (Fsp3) is 0.176. The van der Waals surface area contributed by atoms with E-state index in [-0.39, 0.29) is 11.4 Å². The zero-order valence-corrected chi connectivity index (χ0v) is 16.0. The van der Waals surface area contributed by atoms with E-state index in [0.717, 1.165) is 5.56 Å². The number of hydrogen-bond donors (Lipinski definition) is 0. The number of rotatable bonds is 6. The molecule has 25 heavy (non-hydrogen) atoms. The molecular formula is C17H17BrN4O2S. The Bertz CT molecular complexity index is 958. The monoisotopic (exact) mass is 420 g/mol. The highest BCUT2D eigenvalue weighted by atomic mass is 79.9. The molecule has 0 amide bonds. The zero-order chi connectivity index (χ0) is 17.9. The molecule has 130 valence electrons. The lowest BCUT2D eigenvalue weighted by Gasteiger charge is -2.16. The lowest BCUT2D eigenvalue weighted by molar-refractivity contribution is 0.461. The van der Waals surface area contributed by atoms with Gasteiger partial charge < -0.3 is 0 Å². The van der Waals surface area contributed by atoms with Crippen LogP contribution in [0.25, 0.3) is 0 Å². The maximum absolute atomic E-state index is 12.7. The largest absolute Gasteiger partial charge is 0.248 e. The number of hydrogen-bond acceptors (Lipinski definition) is 4. The van der Waals surface area contributed by atoms with Crippen LogP contribution >= 0.6 is 15.9 Å². The summed E-state index contributed by atoms with van der Waals surface area (Å²) in [5.74, 6) is 0. The van der Waals surface area contributed by atoms with Crippen LogP contribution in [-0.4, -0.2) is 34.8 Å². The van der Waals surface area contributed by atoms with Crippen molar-refractivity contribution in [2.45, 2.75) is 18.0 Å². The van der Waals surface area contributed by atoms with Crippen LogP contribution in [0, 0.1) is 0 Å². The molecule has 8 heteroatoms. The van der Waals surface area contributed by atoms with Gasteiger partial charge in [-0.2, -0.15) is 4.31 Å². The molecule has 1 heterocycles. The SMILES string of the molecule is CN(Cc1cn(Cc2ccccc2)nn1)S(=O)(=O)c1ccccc1Br. The van der Waals surface area contributed by atoms with Gasteiger partial charge in [0.25, 0.3) is 0 Å². The first-order valence-corrected chi connectivity index (χ1v) is 9.84. The van der Waals surface area contributed by atoms with Crippen molar-refractivity contribution in [3.05, 3.63) is 76.5 Å². The molecule has 1 aromatic heterocycles. The molecule has 0 aliphatic carbocycles. The molecule has 0 fully saturated rings. The number of nitrogens with zero attached hydrogens (tertiary/aromatic N) is 4. The molecule has 0 spiro atoms. The van der Waals surface area contributed by atoms with Gasteiger partial charge in [0.2, 0.25) is 10.0 Å². The molecule has 0 atom stereocenters. The number of sulfonamides is 1. The van der Waals surface area contributed by atoms with Crippen molar-refractivity contribution >= 4 is 26.0 Å². The third-order valence-corrected chi connectivity index (χ3v) is 6.50. The molecular weight excluding hydrogens is 404 g/mol. The van der Waals surface area contributed by atoms with Crippen molar-refractivity contribution in [1.29, 1.82) is 0 Å². The van der Waals surface area contributed by atoms with E-state index in [1.807, 2.05) is 30.3 Å². The molecule has 0 saturated heterocycles. The first-order valence-electron chi connectivity index (χ1n) is 7.60. The Morgan fingerprint density at radius 2 is 1.76 bits per heavy atom.